The molecular formula is C17H31NO4. The highest BCUT2D eigenvalue weighted by atomic mass is 16.6. The molecule has 0 radical (unpaired) electrons. The van der Waals surface area contributed by atoms with E-state index < -0.39 is 16.4 Å². The first-order valence-corrected chi connectivity index (χ1v) is 7.96. The van der Waals surface area contributed by atoms with Crippen molar-refractivity contribution in [3.05, 3.63) is 0 Å². The summed E-state index contributed by atoms with van der Waals surface area (Å²) in [5, 5.41) is 9.01. The maximum absolute atomic E-state index is 12.7. The third-order valence-electron chi connectivity index (χ3n) is 5.19. The molecule has 1 amide bonds. The van der Waals surface area contributed by atoms with E-state index in [1.165, 1.54) is 0 Å². The van der Waals surface area contributed by atoms with E-state index in [4.69, 9.17) is 9.84 Å². The van der Waals surface area contributed by atoms with Gasteiger partial charge in [-0.3, -0.25) is 9.59 Å². The van der Waals surface area contributed by atoms with Crippen molar-refractivity contribution in [3.63, 3.8) is 0 Å². The minimum atomic E-state index is -0.680. The first kappa shape index (κ1) is 18.9. The third kappa shape index (κ3) is 3.45. The first-order valence-electron chi connectivity index (χ1n) is 7.96. The summed E-state index contributed by atoms with van der Waals surface area (Å²) in [5.41, 5.74) is -1.71. The molecule has 2 atom stereocenters. The summed E-state index contributed by atoms with van der Waals surface area (Å²) in [4.78, 5) is 26.8. The fraction of sp³-hybridized carbons (Fsp3) is 0.882. The van der Waals surface area contributed by atoms with E-state index in [1.807, 2.05) is 41.5 Å². The molecule has 0 aromatic carbocycles. The van der Waals surface area contributed by atoms with Crippen LogP contribution in [0.1, 0.15) is 54.4 Å². The lowest BCUT2D eigenvalue weighted by molar-refractivity contribution is -0.174. The number of carbonyl (C=O) groups excluding carboxylic acids is 2. The maximum Gasteiger partial charge on any atom is 0.312 e. The zero-order chi connectivity index (χ0) is 17.3. The molecule has 0 aromatic rings. The molecule has 1 rings (SSSR count). The Morgan fingerprint density at radius 2 is 1.82 bits per heavy atom. The highest BCUT2D eigenvalue weighted by molar-refractivity contribution is 5.84. The number of aliphatic hydroxyl groups is 1. The number of rotatable bonds is 4. The van der Waals surface area contributed by atoms with Crippen LogP contribution in [0.2, 0.25) is 0 Å². The van der Waals surface area contributed by atoms with Gasteiger partial charge < -0.3 is 14.7 Å². The van der Waals surface area contributed by atoms with E-state index in [1.54, 1.807) is 11.9 Å². The molecule has 0 unspecified atom stereocenters. The second-order valence-electron chi connectivity index (χ2n) is 8.13. The summed E-state index contributed by atoms with van der Waals surface area (Å²) in [6, 6.07) is 0. The summed E-state index contributed by atoms with van der Waals surface area (Å²) >= 11 is 0. The number of hydrogen-bond donors (Lipinski definition) is 1. The van der Waals surface area contributed by atoms with E-state index in [9.17, 15) is 9.59 Å². The molecule has 0 spiro atoms. The number of aliphatic hydroxyl groups excluding tert-OH is 1. The molecule has 0 aliphatic heterocycles. The zero-order valence-electron chi connectivity index (χ0n) is 15.0. The Hall–Kier alpha value is -1.10. The van der Waals surface area contributed by atoms with Gasteiger partial charge >= 0.3 is 5.97 Å². The van der Waals surface area contributed by atoms with Gasteiger partial charge in [0.25, 0.3) is 0 Å². The van der Waals surface area contributed by atoms with Crippen molar-refractivity contribution in [2.45, 2.75) is 60.0 Å². The summed E-state index contributed by atoms with van der Waals surface area (Å²) in [7, 11) is 1.69. The molecule has 22 heavy (non-hydrogen) atoms. The Morgan fingerprint density at radius 1 is 1.27 bits per heavy atom. The van der Waals surface area contributed by atoms with Gasteiger partial charge in [0.1, 0.15) is 5.60 Å². The summed E-state index contributed by atoms with van der Waals surface area (Å²) in [6.45, 7) is 11.7. The van der Waals surface area contributed by atoms with Crippen molar-refractivity contribution in [2.24, 2.45) is 16.7 Å². The molecule has 1 saturated carbocycles. The van der Waals surface area contributed by atoms with Crippen molar-refractivity contribution in [2.75, 3.05) is 20.2 Å². The van der Waals surface area contributed by atoms with Gasteiger partial charge in [-0.15, -0.1) is 0 Å². The number of ether oxygens (including phenoxy) is 1. The smallest absolute Gasteiger partial charge is 0.312 e. The van der Waals surface area contributed by atoms with Crippen molar-refractivity contribution in [1.29, 1.82) is 0 Å². The van der Waals surface area contributed by atoms with Gasteiger partial charge in [0.05, 0.1) is 12.0 Å². The first-order chi connectivity index (χ1) is 9.87. The molecule has 0 heterocycles. The minimum absolute atomic E-state index is 0.00802. The van der Waals surface area contributed by atoms with Crippen LogP contribution in [0.15, 0.2) is 0 Å². The largest absolute Gasteiger partial charge is 0.460 e. The lowest BCUT2D eigenvalue weighted by Crippen LogP contribution is -2.48. The minimum Gasteiger partial charge on any atom is -0.460 e. The van der Waals surface area contributed by atoms with Gasteiger partial charge in [-0.1, -0.05) is 13.8 Å². The fourth-order valence-electron chi connectivity index (χ4n) is 3.21. The van der Waals surface area contributed by atoms with Crippen molar-refractivity contribution in [1.82, 2.24) is 4.90 Å². The van der Waals surface area contributed by atoms with Crippen LogP contribution < -0.4 is 0 Å². The van der Waals surface area contributed by atoms with Crippen LogP contribution in [0, 0.1) is 16.7 Å². The second kappa shape index (κ2) is 6.19. The average molecular weight is 313 g/mol. The fourth-order valence-corrected chi connectivity index (χ4v) is 3.21. The predicted molar refractivity (Wildman–Crippen MR) is 85.2 cm³/mol. The predicted octanol–water partition coefficient (Wildman–Crippen LogP) is 2.22. The zero-order valence-corrected chi connectivity index (χ0v) is 15.0. The van der Waals surface area contributed by atoms with Crippen molar-refractivity contribution >= 4 is 11.9 Å². The van der Waals surface area contributed by atoms with Crippen molar-refractivity contribution < 1.29 is 19.4 Å². The van der Waals surface area contributed by atoms with Crippen LogP contribution in [0.4, 0.5) is 0 Å². The van der Waals surface area contributed by atoms with Crippen LogP contribution in [-0.4, -0.2) is 47.7 Å². The van der Waals surface area contributed by atoms with Crippen LogP contribution >= 0.6 is 0 Å². The van der Waals surface area contributed by atoms with E-state index in [0.717, 1.165) is 0 Å². The van der Waals surface area contributed by atoms with Gasteiger partial charge in [0.2, 0.25) is 5.91 Å². The highest BCUT2D eigenvalue weighted by Gasteiger charge is 2.59. The average Bonchev–Trinajstić information content (AvgIpc) is 2.59. The molecular weight excluding hydrogens is 282 g/mol. The molecule has 1 fully saturated rings. The van der Waals surface area contributed by atoms with Crippen molar-refractivity contribution in [3.8, 4) is 0 Å². The Kier molecular flexibility index (Phi) is 5.33. The summed E-state index contributed by atoms with van der Waals surface area (Å²) in [5.74, 6) is -0.474. The Labute approximate surface area is 134 Å². The lowest BCUT2D eigenvalue weighted by Gasteiger charge is -2.41. The van der Waals surface area contributed by atoms with Gasteiger partial charge in [-0.05, 0) is 46.0 Å². The second-order valence-corrected chi connectivity index (χ2v) is 8.13. The van der Waals surface area contributed by atoms with E-state index >= 15 is 0 Å². The monoisotopic (exact) mass is 313 g/mol. The molecule has 5 heteroatoms. The normalized spacial score (nSPS) is 27.5. The summed E-state index contributed by atoms with van der Waals surface area (Å²) in [6.07, 6.45) is 1.30. The molecule has 0 saturated heterocycles. The third-order valence-corrected chi connectivity index (χ3v) is 5.19. The molecule has 128 valence electrons. The van der Waals surface area contributed by atoms with Crippen LogP contribution in [0.5, 0.6) is 0 Å². The lowest BCUT2D eigenvalue weighted by atomic mass is 9.65. The van der Waals surface area contributed by atoms with Gasteiger partial charge in [0, 0.05) is 19.5 Å². The van der Waals surface area contributed by atoms with Crippen LogP contribution in [0.3, 0.4) is 0 Å². The van der Waals surface area contributed by atoms with Crippen LogP contribution in [0.25, 0.3) is 0 Å². The van der Waals surface area contributed by atoms with Gasteiger partial charge in [-0.2, -0.15) is 0 Å². The van der Waals surface area contributed by atoms with E-state index in [2.05, 4.69) is 0 Å². The van der Waals surface area contributed by atoms with Gasteiger partial charge in [-0.25, -0.2) is 0 Å². The Balaban J connectivity index is 2.99. The van der Waals surface area contributed by atoms with Crippen LogP contribution in [-0.2, 0) is 14.3 Å². The number of amides is 1. The quantitative estimate of drug-likeness (QED) is 0.808. The molecule has 5 nitrogen and oxygen atoms in total. The molecule has 0 bridgehead atoms. The Bertz CT molecular complexity index is 438. The van der Waals surface area contributed by atoms with E-state index in [-0.39, 0.29) is 24.4 Å². The number of carbonyl (C=O) groups is 2. The molecule has 1 aliphatic rings. The maximum atomic E-state index is 12.7. The SMILES string of the molecule is CN(CCO)C(=O)[C@H]1CC[C@@](C)(C(=O)OC(C)(C)C)C1(C)C. The highest BCUT2D eigenvalue weighted by Crippen LogP contribution is 2.57. The number of hydrogen-bond acceptors (Lipinski definition) is 4. The number of likely N-dealkylation sites (N-methyl/N-ethyl adjacent to an activating group) is 1. The molecule has 0 aromatic heterocycles. The standard InChI is InChI=1S/C17H31NO4/c1-15(2,3)22-14(21)17(6)9-8-12(16(17,4)5)13(20)18(7)10-11-19/h12,19H,8-11H2,1-7H3/t12-,17+/m1/s1. The number of esters is 1. The Morgan fingerprint density at radius 3 is 2.27 bits per heavy atom. The van der Waals surface area contributed by atoms with Gasteiger partial charge in [0.15, 0.2) is 0 Å². The number of nitrogens with zero attached hydrogens (tertiary/aromatic N) is 1. The molecule has 1 N–H and O–H groups in total. The summed E-state index contributed by atoms with van der Waals surface area (Å²) < 4.78 is 5.59. The molecule has 1 aliphatic carbocycles. The van der Waals surface area contributed by atoms with E-state index in [0.29, 0.717) is 19.4 Å². The topological polar surface area (TPSA) is 66.8 Å².